The molecular formula is C21H24N2O12. The second-order valence-corrected chi connectivity index (χ2v) is 7.41. The van der Waals surface area contributed by atoms with Crippen molar-refractivity contribution >= 4 is 35.5 Å². The number of amides is 1. The zero-order valence-corrected chi connectivity index (χ0v) is 19.2. The highest BCUT2D eigenvalue weighted by Gasteiger charge is 2.52. The summed E-state index contributed by atoms with van der Waals surface area (Å²) >= 11 is 0. The summed E-state index contributed by atoms with van der Waals surface area (Å²) in [6.45, 7) is 3.85. The van der Waals surface area contributed by atoms with E-state index in [2.05, 4.69) is 5.32 Å². The third-order valence-corrected chi connectivity index (χ3v) is 4.60. The molecule has 0 radical (unpaired) electrons. The summed E-state index contributed by atoms with van der Waals surface area (Å²) in [5.41, 5.74) is -0.488. The Morgan fingerprint density at radius 2 is 1.54 bits per heavy atom. The van der Waals surface area contributed by atoms with Crippen molar-refractivity contribution < 1.29 is 52.6 Å². The first-order valence-corrected chi connectivity index (χ1v) is 10.2. The molecule has 0 aromatic heterocycles. The molecule has 14 heteroatoms. The molecule has 1 saturated heterocycles. The quantitative estimate of drug-likeness (QED) is 0.226. The molecule has 0 unspecified atom stereocenters. The smallest absolute Gasteiger partial charge is 0.305 e. The summed E-state index contributed by atoms with van der Waals surface area (Å²) in [5.74, 6) is -4.03. The fraction of sp³-hybridized carbons (Fsp3) is 0.476. The van der Waals surface area contributed by atoms with Crippen molar-refractivity contribution in [2.45, 2.75) is 58.3 Å². The predicted molar refractivity (Wildman–Crippen MR) is 113 cm³/mol. The molecule has 1 aromatic rings. The van der Waals surface area contributed by atoms with Crippen LogP contribution in [0.25, 0.3) is 0 Å². The maximum absolute atomic E-state index is 12.9. The predicted octanol–water partition coefficient (Wildman–Crippen LogP) is 0.408. The molecule has 1 heterocycles. The number of non-ortho nitro benzene ring substituents is 1. The zero-order chi connectivity index (χ0) is 26.3. The van der Waals surface area contributed by atoms with Crippen LogP contribution in [0.4, 0.5) is 5.69 Å². The van der Waals surface area contributed by atoms with Crippen LogP contribution >= 0.6 is 0 Å². The second kappa shape index (κ2) is 11.9. The van der Waals surface area contributed by atoms with Crippen molar-refractivity contribution in [2.75, 3.05) is 6.61 Å². The first-order valence-electron chi connectivity index (χ1n) is 10.2. The third-order valence-electron chi connectivity index (χ3n) is 4.60. The molecule has 0 spiro atoms. The van der Waals surface area contributed by atoms with Gasteiger partial charge < -0.3 is 29.0 Å². The monoisotopic (exact) mass is 496 g/mol. The first kappa shape index (κ1) is 27.2. The van der Waals surface area contributed by atoms with Gasteiger partial charge >= 0.3 is 23.9 Å². The van der Waals surface area contributed by atoms with Crippen LogP contribution in [0.15, 0.2) is 24.3 Å². The van der Waals surface area contributed by atoms with Crippen molar-refractivity contribution in [3.8, 4) is 0 Å². The van der Waals surface area contributed by atoms with Crippen molar-refractivity contribution in [1.82, 2.24) is 5.32 Å². The maximum atomic E-state index is 12.9. The Labute approximate surface area is 198 Å². The Bertz CT molecular complexity index is 1010. The molecule has 1 fully saturated rings. The van der Waals surface area contributed by atoms with Gasteiger partial charge in [-0.05, 0) is 6.07 Å². The number of nitrogens with zero attached hydrogens (tertiary/aromatic N) is 1. The molecule has 1 aliphatic heterocycles. The van der Waals surface area contributed by atoms with Crippen molar-refractivity contribution in [1.29, 1.82) is 0 Å². The Kier molecular flexibility index (Phi) is 9.22. The van der Waals surface area contributed by atoms with Crippen LogP contribution in [0.1, 0.15) is 38.1 Å². The number of nitro groups is 1. The molecule has 35 heavy (non-hydrogen) atoms. The molecule has 0 saturated carbocycles. The van der Waals surface area contributed by atoms with E-state index < -0.39 is 72.0 Å². The molecule has 5 atom stereocenters. The molecule has 1 aromatic carbocycles. The van der Waals surface area contributed by atoms with Crippen LogP contribution in [-0.2, 0) is 42.9 Å². The van der Waals surface area contributed by atoms with Crippen LogP contribution in [0.2, 0.25) is 0 Å². The lowest BCUT2D eigenvalue weighted by atomic mass is 9.95. The summed E-state index contributed by atoms with van der Waals surface area (Å²) in [6, 6.07) is 3.34. The van der Waals surface area contributed by atoms with Gasteiger partial charge in [0.2, 0.25) is 6.29 Å². The third kappa shape index (κ3) is 7.74. The summed E-state index contributed by atoms with van der Waals surface area (Å²) < 4.78 is 26.3. The van der Waals surface area contributed by atoms with Gasteiger partial charge in [0, 0.05) is 45.4 Å². The first-order chi connectivity index (χ1) is 16.4. The molecule has 1 amide bonds. The van der Waals surface area contributed by atoms with E-state index in [9.17, 15) is 34.1 Å². The SMILES string of the molecule is CC(=O)OC[C@@H]1O[C@H](OC(C)=O)[C@H](NC(=O)c2cccc([N+](=O)[O-])c2)[C@@H](OC(C)=O)[C@@H]1OC(C)=O. The molecule has 0 aliphatic carbocycles. The highest BCUT2D eigenvalue weighted by molar-refractivity contribution is 5.95. The molecule has 0 bridgehead atoms. The van der Waals surface area contributed by atoms with Crippen LogP contribution in [-0.4, -0.2) is 72.0 Å². The summed E-state index contributed by atoms with van der Waals surface area (Å²) in [4.78, 5) is 70.0. The molecular weight excluding hydrogens is 472 g/mol. The van der Waals surface area contributed by atoms with E-state index in [0.717, 1.165) is 33.8 Å². The number of nitrogens with one attached hydrogen (secondary N) is 1. The summed E-state index contributed by atoms with van der Waals surface area (Å²) in [7, 11) is 0. The molecule has 14 nitrogen and oxygen atoms in total. The Morgan fingerprint density at radius 3 is 2.09 bits per heavy atom. The Hall–Kier alpha value is -4.07. The molecule has 190 valence electrons. The lowest BCUT2D eigenvalue weighted by Crippen LogP contribution is -2.67. The lowest BCUT2D eigenvalue weighted by Gasteiger charge is -2.44. The number of ether oxygens (including phenoxy) is 5. The molecule has 2 rings (SSSR count). The fourth-order valence-electron chi connectivity index (χ4n) is 3.32. The zero-order valence-electron chi connectivity index (χ0n) is 19.2. The van der Waals surface area contributed by atoms with E-state index in [1.165, 1.54) is 18.2 Å². The number of nitro benzene ring substituents is 1. The topological polar surface area (TPSA) is 187 Å². The number of hydrogen-bond donors (Lipinski definition) is 1. The van der Waals surface area contributed by atoms with E-state index in [-0.39, 0.29) is 11.3 Å². The van der Waals surface area contributed by atoms with Crippen LogP contribution in [0.3, 0.4) is 0 Å². The van der Waals surface area contributed by atoms with Crippen LogP contribution in [0.5, 0.6) is 0 Å². The molecule has 1 N–H and O–H groups in total. The number of carbonyl (C=O) groups excluding carboxylic acids is 5. The van der Waals surface area contributed by atoms with Gasteiger partial charge in [0.25, 0.3) is 11.6 Å². The number of carbonyl (C=O) groups is 5. The van der Waals surface area contributed by atoms with E-state index in [4.69, 9.17) is 23.7 Å². The van der Waals surface area contributed by atoms with Gasteiger partial charge in [-0.2, -0.15) is 0 Å². The average molecular weight is 496 g/mol. The molecule has 1 aliphatic rings. The normalized spacial score (nSPS) is 23.4. The average Bonchev–Trinajstić information content (AvgIpc) is 2.75. The maximum Gasteiger partial charge on any atom is 0.305 e. The van der Waals surface area contributed by atoms with E-state index in [1.54, 1.807) is 0 Å². The van der Waals surface area contributed by atoms with E-state index in [0.29, 0.717) is 0 Å². The highest BCUT2D eigenvalue weighted by Crippen LogP contribution is 2.28. The van der Waals surface area contributed by atoms with Crippen molar-refractivity contribution in [3.63, 3.8) is 0 Å². The van der Waals surface area contributed by atoms with Gasteiger partial charge in [-0.3, -0.25) is 34.1 Å². The number of hydrogen-bond acceptors (Lipinski definition) is 12. The van der Waals surface area contributed by atoms with Gasteiger partial charge in [0.1, 0.15) is 18.8 Å². The minimum Gasteiger partial charge on any atom is -0.463 e. The van der Waals surface area contributed by atoms with Crippen molar-refractivity contribution in [2.24, 2.45) is 0 Å². The van der Waals surface area contributed by atoms with Gasteiger partial charge in [0.05, 0.1) is 4.92 Å². The van der Waals surface area contributed by atoms with Gasteiger partial charge in [0.15, 0.2) is 12.2 Å². The van der Waals surface area contributed by atoms with E-state index in [1.807, 2.05) is 0 Å². The lowest BCUT2D eigenvalue weighted by molar-refractivity contribution is -0.384. The number of esters is 4. The highest BCUT2D eigenvalue weighted by atomic mass is 16.7. The summed E-state index contributed by atoms with van der Waals surface area (Å²) in [5, 5.41) is 13.5. The van der Waals surface area contributed by atoms with Crippen molar-refractivity contribution in [3.05, 3.63) is 39.9 Å². The second-order valence-electron chi connectivity index (χ2n) is 7.41. The van der Waals surface area contributed by atoms with Crippen LogP contribution < -0.4 is 5.32 Å². The standard InChI is InChI=1S/C21H24N2O12/c1-10(24)31-9-16-18(32-11(2)25)19(33-12(3)26)17(21(35-16)34-13(4)27)22-20(28)14-6-5-7-15(8-14)23(29)30/h5-8,16-19,21H,9H2,1-4H3,(H,22,28)/t16-,17+,18+,19+,21-/m0/s1. The summed E-state index contributed by atoms with van der Waals surface area (Å²) in [6.07, 6.45) is -5.68. The number of rotatable bonds is 8. The van der Waals surface area contributed by atoms with Gasteiger partial charge in [-0.1, -0.05) is 6.07 Å². The fourth-order valence-corrected chi connectivity index (χ4v) is 3.32. The minimum atomic E-state index is -1.58. The largest absolute Gasteiger partial charge is 0.463 e. The Balaban J connectivity index is 2.48. The minimum absolute atomic E-state index is 0.131. The van der Waals surface area contributed by atoms with Gasteiger partial charge in [-0.25, -0.2) is 0 Å². The number of benzene rings is 1. The van der Waals surface area contributed by atoms with E-state index >= 15 is 0 Å². The van der Waals surface area contributed by atoms with Crippen LogP contribution in [0, 0.1) is 10.1 Å². The Morgan fingerprint density at radius 1 is 0.943 bits per heavy atom. The van der Waals surface area contributed by atoms with Gasteiger partial charge in [-0.15, -0.1) is 0 Å².